The highest BCUT2D eigenvalue weighted by molar-refractivity contribution is 7.48. The van der Waals surface area contributed by atoms with Crippen molar-refractivity contribution in [2.45, 2.75) is 123 Å². The van der Waals surface area contributed by atoms with Gasteiger partial charge >= 0.3 is 19.8 Å². The van der Waals surface area contributed by atoms with Crippen molar-refractivity contribution in [3.05, 3.63) is 108 Å². The van der Waals surface area contributed by atoms with Gasteiger partial charge in [-0.3, -0.25) is 28.0 Å². The van der Waals surface area contributed by atoms with E-state index in [4.69, 9.17) is 37.3 Å². The van der Waals surface area contributed by atoms with Crippen LogP contribution in [-0.4, -0.2) is 68.2 Å². The van der Waals surface area contributed by atoms with E-state index in [0.29, 0.717) is 12.8 Å². The molecule has 0 bridgehead atoms. The Morgan fingerprint density at radius 2 is 1.19 bits per heavy atom. The van der Waals surface area contributed by atoms with Crippen LogP contribution in [0.3, 0.4) is 0 Å². The van der Waals surface area contributed by atoms with Crippen LogP contribution < -0.4 is 0 Å². The fourth-order valence-electron chi connectivity index (χ4n) is 5.72. The number of unbranched alkanes of at least 4 members (excludes halogenated alkanes) is 2. The van der Waals surface area contributed by atoms with Crippen LogP contribution in [0.25, 0.3) is 0 Å². The Bertz CT molecular complexity index is 1670. The van der Waals surface area contributed by atoms with E-state index in [1.807, 2.05) is 105 Å². The van der Waals surface area contributed by atoms with Gasteiger partial charge in [-0.05, 0) is 50.3 Å². The zero-order valence-corrected chi connectivity index (χ0v) is 34.8. The third-order valence-electron chi connectivity index (χ3n) is 9.01. The molecule has 3 aromatic rings. The lowest BCUT2D eigenvalue weighted by Gasteiger charge is -2.45. The van der Waals surface area contributed by atoms with Gasteiger partial charge in [0.1, 0.15) is 30.7 Å². The first-order valence-corrected chi connectivity index (χ1v) is 21.3. The molecule has 0 saturated carbocycles. The molecule has 12 nitrogen and oxygen atoms in total. The molecule has 1 unspecified atom stereocenters. The van der Waals surface area contributed by atoms with Crippen LogP contribution in [0.5, 0.6) is 0 Å². The average Bonchev–Trinajstić information content (AvgIpc) is 3.19. The highest BCUT2D eigenvalue weighted by Gasteiger charge is 2.53. The van der Waals surface area contributed by atoms with E-state index in [2.05, 4.69) is 0 Å². The number of rotatable bonds is 24. The van der Waals surface area contributed by atoms with E-state index < -0.39 is 55.9 Å². The Balaban J connectivity index is 1.68. The minimum atomic E-state index is -4.33. The zero-order valence-electron chi connectivity index (χ0n) is 33.9. The van der Waals surface area contributed by atoms with Gasteiger partial charge in [-0.15, -0.1) is 0 Å². The van der Waals surface area contributed by atoms with Gasteiger partial charge in [-0.1, -0.05) is 118 Å². The Labute approximate surface area is 337 Å². The molecule has 1 heterocycles. The summed E-state index contributed by atoms with van der Waals surface area (Å²) in [6.07, 6.45) is -3.39. The smallest absolute Gasteiger partial charge is 0.463 e. The molecule has 3 aromatic carbocycles. The fourth-order valence-corrected chi connectivity index (χ4v) is 7.04. The van der Waals surface area contributed by atoms with Crippen molar-refractivity contribution in [3.8, 4) is 0 Å². The molecule has 0 radical (unpaired) electrons. The van der Waals surface area contributed by atoms with Gasteiger partial charge in [0.05, 0.1) is 38.3 Å². The molecule has 57 heavy (non-hydrogen) atoms. The molecule has 0 amide bonds. The predicted octanol–water partition coefficient (Wildman–Crippen LogP) is 8.73. The fraction of sp³-hybridized carbons (Fsp3) is 0.523. The summed E-state index contributed by atoms with van der Waals surface area (Å²) in [6, 6.07) is 28.1. The quantitative estimate of drug-likeness (QED) is 0.0485. The lowest BCUT2D eigenvalue weighted by Crippen LogP contribution is -2.62. The molecule has 5 atom stereocenters. The molecule has 0 aromatic heterocycles. The summed E-state index contributed by atoms with van der Waals surface area (Å²) in [7, 11) is -4.33. The maximum absolute atomic E-state index is 14.3. The van der Waals surface area contributed by atoms with Crippen molar-refractivity contribution in [1.82, 2.24) is 0 Å². The van der Waals surface area contributed by atoms with Gasteiger partial charge in [0, 0.05) is 12.8 Å². The summed E-state index contributed by atoms with van der Waals surface area (Å²) in [5.74, 6) is -1.33. The summed E-state index contributed by atoms with van der Waals surface area (Å²) in [5.41, 5.74) is 1.56. The predicted molar refractivity (Wildman–Crippen MR) is 214 cm³/mol. The molecular formula is C44H59O12P. The minimum Gasteiger partial charge on any atom is -0.463 e. The topological polar surface area (TPSA) is 142 Å². The monoisotopic (exact) mass is 810 g/mol. The number of benzene rings is 3. The lowest BCUT2D eigenvalue weighted by molar-refractivity contribution is -0.305. The number of ketones is 1. The van der Waals surface area contributed by atoms with Crippen molar-refractivity contribution in [3.63, 3.8) is 0 Å². The Morgan fingerprint density at radius 3 is 1.70 bits per heavy atom. The van der Waals surface area contributed by atoms with E-state index in [-0.39, 0.29) is 58.1 Å². The van der Waals surface area contributed by atoms with E-state index in [0.717, 1.165) is 29.5 Å². The van der Waals surface area contributed by atoms with Gasteiger partial charge in [0.15, 0.2) is 6.10 Å². The molecule has 1 aliphatic heterocycles. The Morgan fingerprint density at radius 1 is 0.684 bits per heavy atom. The third kappa shape index (κ3) is 15.9. The van der Waals surface area contributed by atoms with Crippen molar-refractivity contribution < 1.29 is 56.2 Å². The third-order valence-corrected chi connectivity index (χ3v) is 10.5. The second-order valence-electron chi connectivity index (χ2n) is 15.0. The summed E-state index contributed by atoms with van der Waals surface area (Å²) in [5, 5.41) is 0. The van der Waals surface area contributed by atoms with Gasteiger partial charge in [-0.25, -0.2) is 4.57 Å². The second-order valence-corrected chi connectivity index (χ2v) is 16.6. The van der Waals surface area contributed by atoms with Crippen LogP contribution in [0, 0.1) is 5.41 Å². The standard InChI is InChI=1S/C44H59O12P/c1-6-8-27-52-57(48,53-28-9-7-2)56-42-41(55-43(47)44(3,4)5)40(51-31-35-23-17-12-18-24-35)39(50-30-34-21-15-11-16-22-34)37(54-42)32-49-38(46)26-25-36(45)29-33-19-13-10-14-20-33/h10-24,37,39-42H,6-9,25-32H2,1-5H3/t37-,39-,40+,41-,42?/m1/s1. The van der Waals surface area contributed by atoms with E-state index in [1.54, 1.807) is 20.8 Å². The number of hydrogen-bond donors (Lipinski definition) is 0. The summed E-state index contributed by atoms with van der Waals surface area (Å²) in [4.78, 5) is 39.5. The normalized spacial score (nSPS) is 19.8. The molecule has 4 rings (SSSR count). The molecule has 0 spiro atoms. The highest BCUT2D eigenvalue weighted by Crippen LogP contribution is 2.53. The summed E-state index contributed by atoms with van der Waals surface area (Å²) >= 11 is 0. The minimum absolute atomic E-state index is 0.0139. The first-order valence-electron chi connectivity index (χ1n) is 19.9. The Kier molecular flexibility index (Phi) is 19.0. The van der Waals surface area contributed by atoms with Crippen molar-refractivity contribution in [2.24, 2.45) is 5.41 Å². The van der Waals surface area contributed by atoms with Crippen LogP contribution in [0.15, 0.2) is 91.0 Å². The number of esters is 2. The maximum atomic E-state index is 14.3. The lowest BCUT2D eigenvalue weighted by atomic mass is 9.95. The number of phosphoric acid groups is 1. The number of phosphoric ester groups is 1. The number of carbonyl (C=O) groups is 3. The molecule has 13 heteroatoms. The number of hydrogen-bond acceptors (Lipinski definition) is 12. The van der Waals surface area contributed by atoms with E-state index >= 15 is 0 Å². The van der Waals surface area contributed by atoms with Gasteiger partial charge in [0.25, 0.3) is 0 Å². The molecule has 1 fully saturated rings. The summed E-state index contributed by atoms with van der Waals surface area (Å²) < 4.78 is 63.5. The molecule has 1 aliphatic rings. The summed E-state index contributed by atoms with van der Waals surface area (Å²) in [6.45, 7) is 9.03. The largest absolute Gasteiger partial charge is 0.477 e. The first-order chi connectivity index (χ1) is 27.4. The zero-order chi connectivity index (χ0) is 41.1. The van der Waals surface area contributed by atoms with Crippen LogP contribution in [0.4, 0.5) is 0 Å². The molecule has 0 aliphatic carbocycles. The van der Waals surface area contributed by atoms with Crippen LogP contribution >= 0.6 is 7.82 Å². The highest BCUT2D eigenvalue weighted by atomic mass is 31.2. The van der Waals surface area contributed by atoms with Crippen LogP contribution in [0.2, 0.25) is 0 Å². The number of ether oxygens (including phenoxy) is 5. The van der Waals surface area contributed by atoms with Gasteiger partial charge in [-0.2, -0.15) is 0 Å². The van der Waals surface area contributed by atoms with E-state index in [1.165, 1.54) is 0 Å². The maximum Gasteiger partial charge on any atom is 0.477 e. The average molecular weight is 811 g/mol. The SMILES string of the molecule is CCCCOP(=O)(OCCCC)OC1O[C@H](COC(=O)CCC(=O)Cc2ccccc2)[C@@H](OCc2ccccc2)[C@H](OCc2ccccc2)[C@H]1OC(=O)C(C)(C)C. The molecule has 0 N–H and O–H groups in total. The first kappa shape index (κ1) is 46.0. The van der Waals surface area contributed by atoms with Crippen LogP contribution in [-0.2, 0) is 75.8 Å². The van der Waals surface area contributed by atoms with Crippen molar-refractivity contribution >= 4 is 25.5 Å². The number of Topliss-reactive ketones (excluding diaryl/α,β-unsaturated/α-hetero) is 1. The van der Waals surface area contributed by atoms with Gasteiger partial charge < -0.3 is 23.7 Å². The molecule has 312 valence electrons. The van der Waals surface area contributed by atoms with E-state index in [9.17, 15) is 18.9 Å². The molecule has 1 saturated heterocycles. The van der Waals surface area contributed by atoms with Gasteiger partial charge in [0.2, 0.25) is 6.29 Å². The van der Waals surface area contributed by atoms with Crippen LogP contribution in [0.1, 0.15) is 89.8 Å². The van der Waals surface area contributed by atoms with Crippen molar-refractivity contribution in [2.75, 3.05) is 19.8 Å². The Hall–Kier alpha value is -3.74. The van der Waals surface area contributed by atoms with Crippen molar-refractivity contribution in [1.29, 1.82) is 0 Å². The number of carbonyl (C=O) groups excluding carboxylic acids is 3. The molecular weight excluding hydrogens is 751 g/mol. The second kappa shape index (κ2) is 23.6.